The summed E-state index contributed by atoms with van der Waals surface area (Å²) in [4.78, 5) is 24.3. The average molecular weight is 651 g/mol. The molecular formula is C33H33F3N6O3S. The zero-order chi connectivity index (χ0) is 32.5. The number of urea groups is 1. The molecule has 4 aromatic rings. The van der Waals surface area contributed by atoms with Crippen LogP contribution in [0, 0.1) is 0 Å². The first kappa shape index (κ1) is 31.5. The Kier molecular flexibility index (Phi) is 8.69. The van der Waals surface area contributed by atoms with Gasteiger partial charge in [-0.15, -0.1) is 18.3 Å². The second kappa shape index (κ2) is 12.7. The largest absolute Gasteiger partial charge is 0.573 e. The normalized spacial score (nSPS) is 16.8. The fourth-order valence-corrected chi connectivity index (χ4v) is 6.38. The third-order valence-corrected chi connectivity index (χ3v) is 9.01. The first-order valence-corrected chi connectivity index (χ1v) is 15.9. The van der Waals surface area contributed by atoms with Crippen LogP contribution in [0.2, 0.25) is 0 Å². The number of nitrogens with zero attached hydrogens (tertiary/aromatic N) is 5. The van der Waals surface area contributed by atoms with Gasteiger partial charge in [0.25, 0.3) is 0 Å². The summed E-state index contributed by atoms with van der Waals surface area (Å²) in [5, 5.41) is 8.32. The number of nitrogens with one attached hydrogen (secondary N) is 1. The Balaban J connectivity index is 1.14. The minimum Gasteiger partial charge on any atom is -0.497 e. The molecule has 0 bridgehead atoms. The molecule has 0 radical (unpaired) electrons. The van der Waals surface area contributed by atoms with Crippen molar-refractivity contribution >= 4 is 28.6 Å². The number of methoxy groups -OCH3 is 1. The summed E-state index contributed by atoms with van der Waals surface area (Å²) in [5.41, 5.74) is 3.95. The number of aromatic nitrogens is 3. The first-order chi connectivity index (χ1) is 22.0. The van der Waals surface area contributed by atoms with E-state index in [1.807, 2.05) is 42.5 Å². The lowest BCUT2D eigenvalue weighted by atomic mass is 10.00. The van der Waals surface area contributed by atoms with Crippen LogP contribution in [0.15, 0.2) is 78.0 Å². The van der Waals surface area contributed by atoms with Gasteiger partial charge in [-0.25, -0.2) is 14.5 Å². The summed E-state index contributed by atoms with van der Waals surface area (Å²) >= 11 is 1.59. The second-order valence-corrected chi connectivity index (χ2v) is 12.5. The van der Waals surface area contributed by atoms with Crippen LogP contribution in [-0.2, 0) is 5.54 Å². The maximum absolute atomic E-state index is 13.3. The number of ether oxygens (including phenoxy) is 2. The highest BCUT2D eigenvalue weighted by Gasteiger charge is 2.46. The van der Waals surface area contributed by atoms with Crippen LogP contribution in [0.3, 0.4) is 0 Å². The van der Waals surface area contributed by atoms with Gasteiger partial charge in [0.15, 0.2) is 11.0 Å². The van der Waals surface area contributed by atoms with E-state index in [1.165, 1.54) is 35.3 Å². The number of amidine groups is 1. The van der Waals surface area contributed by atoms with Crippen LogP contribution >= 0.6 is 11.8 Å². The Morgan fingerprint density at radius 1 is 1.04 bits per heavy atom. The Hall–Kier alpha value is -4.52. The van der Waals surface area contributed by atoms with Gasteiger partial charge < -0.3 is 19.7 Å². The van der Waals surface area contributed by atoms with Gasteiger partial charge in [0, 0.05) is 23.5 Å². The number of anilines is 1. The molecule has 1 aromatic heterocycles. The molecule has 0 unspecified atom stereocenters. The number of aliphatic imine (C=N–C) groups is 1. The molecule has 2 fully saturated rings. The average Bonchev–Trinajstić information content (AvgIpc) is 3.64. The van der Waals surface area contributed by atoms with Gasteiger partial charge in [0.2, 0.25) is 0 Å². The number of halogens is 3. The fourth-order valence-electron chi connectivity index (χ4n) is 5.43. The maximum Gasteiger partial charge on any atom is 0.573 e. The highest BCUT2D eigenvalue weighted by Crippen LogP contribution is 2.46. The number of alkyl halides is 3. The van der Waals surface area contributed by atoms with Crippen LogP contribution in [0.5, 0.6) is 11.5 Å². The van der Waals surface area contributed by atoms with E-state index in [0.29, 0.717) is 16.7 Å². The topological polar surface area (TPSA) is 93.9 Å². The zero-order valence-corrected chi connectivity index (χ0v) is 26.4. The lowest BCUT2D eigenvalue weighted by Crippen LogP contribution is -2.38. The lowest BCUT2D eigenvalue weighted by Gasteiger charge is -2.32. The number of amides is 2. The molecule has 1 N–H and O–H groups in total. The molecule has 1 aliphatic heterocycles. The SMILES string of the molecule is COc1ccc(N2CCCSC2=NC(=O)NC2(c3ccc(-c4ncn(-c5ccc(OC(F)(F)F)cc5)n4)cc3)CC2)c(C(C)C)c1. The van der Waals surface area contributed by atoms with Crippen molar-refractivity contribution in [1.29, 1.82) is 0 Å². The van der Waals surface area contributed by atoms with Gasteiger partial charge in [0.1, 0.15) is 17.8 Å². The van der Waals surface area contributed by atoms with Crippen molar-refractivity contribution in [3.05, 3.63) is 84.2 Å². The number of carbonyl (C=O) groups is 1. The monoisotopic (exact) mass is 650 g/mol. The molecule has 9 nitrogen and oxygen atoms in total. The van der Waals surface area contributed by atoms with Gasteiger partial charge in [-0.2, -0.15) is 4.99 Å². The molecule has 13 heteroatoms. The summed E-state index contributed by atoms with van der Waals surface area (Å²) in [6, 6.07) is 18.7. The molecule has 1 saturated heterocycles. The minimum absolute atomic E-state index is 0.266. The predicted octanol–water partition coefficient (Wildman–Crippen LogP) is 7.66. The molecule has 0 atom stereocenters. The number of benzene rings is 3. The lowest BCUT2D eigenvalue weighted by molar-refractivity contribution is -0.274. The van der Waals surface area contributed by atoms with E-state index in [9.17, 15) is 18.0 Å². The first-order valence-electron chi connectivity index (χ1n) is 14.9. The van der Waals surface area contributed by atoms with Crippen LogP contribution in [0.1, 0.15) is 50.2 Å². The van der Waals surface area contributed by atoms with Gasteiger partial charge in [0.05, 0.1) is 18.3 Å². The second-order valence-electron chi connectivity index (χ2n) is 11.5. The quantitative estimate of drug-likeness (QED) is 0.209. The molecule has 2 heterocycles. The van der Waals surface area contributed by atoms with Crippen LogP contribution in [0.25, 0.3) is 17.1 Å². The summed E-state index contributed by atoms with van der Waals surface area (Å²) in [6.45, 7) is 5.06. The summed E-state index contributed by atoms with van der Waals surface area (Å²) in [5.74, 6) is 2.10. The number of hydrogen-bond acceptors (Lipinski definition) is 6. The number of hydrogen-bond donors (Lipinski definition) is 1. The predicted molar refractivity (Wildman–Crippen MR) is 172 cm³/mol. The van der Waals surface area contributed by atoms with Crippen LogP contribution < -0.4 is 19.7 Å². The molecule has 240 valence electrons. The van der Waals surface area contributed by atoms with E-state index in [2.05, 4.69) is 43.9 Å². The van der Waals surface area contributed by atoms with Crippen molar-refractivity contribution in [2.45, 2.75) is 50.9 Å². The number of rotatable bonds is 8. The van der Waals surface area contributed by atoms with E-state index in [4.69, 9.17) is 4.74 Å². The van der Waals surface area contributed by atoms with Crippen molar-refractivity contribution in [2.75, 3.05) is 24.3 Å². The third-order valence-electron chi connectivity index (χ3n) is 7.95. The molecule has 3 aromatic carbocycles. The van der Waals surface area contributed by atoms with E-state index in [-0.39, 0.29) is 17.7 Å². The zero-order valence-electron chi connectivity index (χ0n) is 25.5. The molecule has 2 aliphatic rings. The molecule has 1 aliphatic carbocycles. The highest BCUT2D eigenvalue weighted by molar-refractivity contribution is 8.14. The smallest absolute Gasteiger partial charge is 0.497 e. The Labute approximate surface area is 268 Å². The van der Waals surface area contributed by atoms with E-state index < -0.39 is 11.9 Å². The van der Waals surface area contributed by atoms with Gasteiger partial charge >= 0.3 is 12.4 Å². The van der Waals surface area contributed by atoms with Crippen LogP contribution in [0.4, 0.5) is 23.7 Å². The van der Waals surface area contributed by atoms with Crippen molar-refractivity contribution in [2.24, 2.45) is 4.99 Å². The maximum atomic E-state index is 13.3. The Morgan fingerprint density at radius 2 is 1.76 bits per heavy atom. The molecule has 2 amide bonds. The minimum atomic E-state index is -4.76. The van der Waals surface area contributed by atoms with Crippen molar-refractivity contribution in [3.8, 4) is 28.6 Å². The van der Waals surface area contributed by atoms with Crippen LogP contribution in [-0.4, -0.2) is 51.7 Å². The third kappa shape index (κ3) is 6.99. The fraction of sp³-hybridized carbons (Fsp3) is 0.333. The van der Waals surface area contributed by atoms with Crippen molar-refractivity contribution in [1.82, 2.24) is 20.1 Å². The van der Waals surface area contributed by atoms with Gasteiger partial charge in [-0.1, -0.05) is 49.9 Å². The standard InChI is InChI=1S/C33H33F3N6O3S/c1-21(2)27-19-26(44-3)13-14-28(27)41-17-4-18-46-31(41)38-30(43)39-32(15-16-32)23-7-5-22(6-8-23)29-37-20-42(40-29)24-9-11-25(12-10-24)45-33(34,35)36/h5-14,19-21H,4,15-18H2,1-3H3,(H,39,43). The van der Waals surface area contributed by atoms with Crippen molar-refractivity contribution < 1.29 is 27.4 Å². The molecular weight excluding hydrogens is 617 g/mol. The van der Waals surface area contributed by atoms with E-state index in [1.54, 1.807) is 18.9 Å². The molecule has 46 heavy (non-hydrogen) atoms. The van der Waals surface area contributed by atoms with Crippen molar-refractivity contribution in [3.63, 3.8) is 0 Å². The van der Waals surface area contributed by atoms with Gasteiger partial charge in [-0.3, -0.25) is 0 Å². The summed E-state index contributed by atoms with van der Waals surface area (Å²) < 4.78 is 48.3. The molecule has 6 rings (SSSR count). The molecule has 1 saturated carbocycles. The van der Waals surface area contributed by atoms with E-state index >= 15 is 0 Å². The number of thioether (sulfide) groups is 1. The summed E-state index contributed by atoms with van der Waals surface area (Å²) in [7, 11) is 1.66. The summed E-state index contributed by atoms with van der Waals surface area (Å²) in [6.07, 6.45) is -0.670. The number of carbonyl (C=O) groups excluding carboxylic acids is 1. The molecule has 0 spiro atoms. The highest BCUT2D eigenvalue weighted by atomic mass is 32.2. The van der Waals surface area contributed by atoms with E-state index in [0.717, 1.165) is 59.7 Å². The Morgan fingerprint density at radius 3 is 2.41 bits per heavy atom. The van der Waals surface area contributed by atoms with Gasteiger partial charge in [-0.05, 0) is 78.8 Å². The Bertz CT molecular complexity index is 1730.